The first-order chi connectivity index (χ1) is 34.9. The average Bonchev–Trinajstić information content (AvgIpc) is 3.34. The third kappa shape index (κ3) is 49.5. The van der Waals surface area contributed by atoms with Gasteiger partial charge in [0.15, 0.2) is 0 Å². The summed E-state index contributed by atoms with van der Waals surface area (Å²) in [6.07, 6.45) is 7.11. The summed E-state index contributed by atoms with van der Waals surface area (Å²) in [7, 11) is -7.15. The summed E-state index contributed by atoms with van der Waals surface area (Å²) < 4.78 is 93.3. The molecule has 430 valence electrons. The number of ether oxygens (including phenoxy) is 13. The van der Waals surface area contributed by atoms with Gasteiger partial charge >= 0.3 is 0 Å². The molecule has 0 saturated heterocycles. The minimum absolute atomic E-state index is 0.0116. The SMILES string of the molecule is C=P(O)(OCCOCCOCC(COCCOCCOP(=C)(O)OC(COCCOCCO)COCCOCCO)OCC(=O)NCCC(=O)NCCCC)OC(COCCOCO)COCCOCCO. The zero-order valence-electron chi connectivity index (χ0n) is 42.2. The van der Waals surface area contributed by atoms with Crippen molar-refractivity contribution in [1.29, 1.82) is 0 Å². The van der Waals surface area contributed by atoms with Crippen molar-refractivity contribution < 1.29 is 119 Å². The van der Waals surface area contributed by atoms with E-state index >= 15 is 0 Å². The number of aliphatic hydroxyl groups excluding tert-OH is 4. The summed E-state index contributed by atoms with van der Waals surface area (Å²) in [5.74, 6) is -0.589. The lowest BCUT2D eigenvalue weighted by Crippen LogP contribution is -2.36. The number of nitrogens with one attached hydrogen (secondary N) is 2. The number of aliphatic hydroxyl groups is 4. The van der Waals surface area contributed by atoms with Gasteiger partial charge < -0.3 is 121 Å². The van der Waals surface area contributed by atoms with Gasteiger partial charge in [0.05, 0.1) is 185 Å². The lowest BCUT2D eigenvalue weighted by molar-refractivity contribution is -0.132. The standard InChI is InChI=1S/C43H88N2O25P2/c1-4-5-7-44-42(50)6-8-45-43(51)37-66-39(32-60-24-19-58-28-30-68-72(3,53)70-41(36-64-25-26-65-38-49)35-63-22-17-56-14-11-48)31-59-23-18-57-27-29-67-71(2,52)69-40(33-61-20-15-54-12-9-46)34-62-21-16-55-13-10-47/h39-41,46-49,52-53H,2-38H2,1H3,(H,44,50)(H,45,51). The fraction of sp³-hybridized carbons (Fsp3) is 0.907. The predicted octanol–water partition coefficient (Wildman–Crippen LogP) is -1.90. The zero-order chi connectivity index (χ0) is 53.1. The van der Waals surface area contributed by atoms with Gasteiger partial charge in [-0.3, -0.25) is 9.59 Å². The fourth-order valence-corrected chi connectivity index (χ4v) is 7.20. The minimum atomic E-state index is -3.58. The molecule has 8 N–H and O–H groups in total. The molecule has 2 amide bonds. The highest BCUT2D eigenvalue weighted by Gasteiger charge is 2.22. The lowest BCUT2D eigenvalue weighted by Gasteiger charge is -2.25. The van der Waals surface area contributed by atoms with E-state index in [1.807, 2.05) is 6.92 Å². The van der Waals surface area contributed by atoms with E-state index in [-0.39, 0.29) is 210 Å². The first-order valence-corrected chi connectivity index (χ1v) is 27.5. The largest absolute Gasteiger partial charge is 0.394 e. The molecule has 0 saturated carbocycles. The van der Waals surface area contributed by atoms with Gasteiger partial charge in [-0.1, -0.05) is 13.3 Å². The van der Waals surface area contributed by atoms with E-state index in [0.717, 1.165) is 12.8 Å². The van der Waals surface area contributed by atoms with Crippen LogP contribution in [0.25, 0.3) is 0 Å². The number of hydrogen-bond acceptors (Lipinski definition) is 25. The number of rotatable bonds is 58. The van der Waals surface area contributed by atoms with Crippen LogP contribution in [-0.4, -0.2) is 284 Å². The molecule has 4 unspecified atom stereocenters. The van der Waals surface area contributed by atoms with E-state index in [4.69, 9.17) is 100 Å². The molecule has 27 nitrogen and oxygen atoms in total. The topological polar surface area (TPSA) is 336 Å². The van der Waals surface area contributed by atoms with Crippen LogP contribution >= 0.6 is 15.1 Å². The second-order valence-corrected chi connectivity index (χ2v) is 18.3. The van der Waals surface area contributed by atoms with Gasteiger partial charge in [-0.15, -0.1) is 0 Å². The highest BCUT2D eigenvalue weighted by molar-refractivity contribution is 7.58. The van der Waals surface area contributed by atoms with E-state index in [0.29, 0.717) is 6.54 Å². The molecule has 0 aliphatic heterocycles. The van der Waals surface area contributed by atoms with Gasteiger partial charge in [0, 0.05) is 19.5 Å². The number of carbonyl (C=O) groups excluding carboxylic acids is 2. The van der Waals surface area contributed by atoms with E-state index in [1.165, 1.54) is 0 Å². The molecule has 0 fully saturated rings. The van der Waals surface area contributed by atoms with Crippen molar-refractivity contribution in [1.82, 2.24) is 10.6 Å². The molecule has 0 aliphatic rings. The van der Waals surface area contributed by atoms with Gasteiger partial charge in [0.1, 0.15) is 31.7 Å². The number of carbonyl (C=O) groups is 2. The summed E-state index contributed by atoms with van der Waals surface area (Å²) in [5.41, 5.74) is 0. The van der Waals surface area contributed by atoms with Crippen LogP contribution in [0.4, 0.5) is 0 Å². The van der Waals surface area contributed by atoms with Crippen molar-refractivity contribution >= 4 is 39.5 Å². The van der Waals surface area contributed by atoms with Crippen LogP contribution in [0.1, 0.15) is 26.2 Å². The maximum Gasteiger partial charge on any atom is 0.248 e. The van der Waals surface area contributed by atoms with Crippen molar-refractivity contribution in [2.75, 3.05) is 211 Å². The van der Waals surface area contributed by atoms with Crippen LogP contribution in [0.15, 0.2) is 0 Å². The summed E-state index contributed by atoms with van der Waals surface area (Å²) in [4.78, 5) is 46.0. The Morgan fingerprint density at radius 2 is 0.778 bits per heavy atom. The first-order valence-electron chi connectivity index (χ1n) is 24.0. The Hall–Kier alpha value is -1.38. The zero-order valence-corrected chi connectivity index (χ0v) is 44.0. The molecule has 0 bridgehead atoms. The van der Waals surface area contributed by atoms with Crippen LogP contribution in [0, 0.1) is 0 Å². The molecule has 0 spiro atoms. The third-order valence-corrected chi connectivity index (χ3v) is 10.9. The first kappa shape index (κ1) is 70.6. The Labute approximate surface area is 424 Å². The molecule has 29 heteroatoms. The lowest BCUT2D eigenvalue weighted by atomic mass is 10.3. The number of unbranched alkanes of at least 4 members (excludes halogenated alkanes) is 1. The molecule has 0 aromatic rings. The Kier molecular flexibility index (Phi) is 50.7. The third-order valence-electron chi connectivity index (χ3n) is 8.50. The molecule has 0 rings (SSSR count). The van der Waals surface area contributed by atoms with Crippen molar-refractivity contribution in [3.05, 3.63) is 0 Å². The van der Waals surface area contributed by atoms with Gasteiger partial charge in [-0.25, -0.2) is 0 Å². The molecule has 4 atom stereocenters. The van der Waals surface area contributed by atoms with Crippen molar-refractivity contribution in [2.24, 2.45) is 0 Å². The molecule has 0 aromatic carbocycles. The maximum atomic E-state index is 12.5. The molecule has 0 aromatic heterocycles. The predicted molar refractivity (Wildman–Crippen MR) is 263 cm³/mol. The van der Waals surface area contributed by atoms with E-state index in [9.17, 15) is 19.4 Å². The van der Waals surface area contributed by atoms with Crippen LogP contribution in [0.5, 0.6) is 0 Å². The van der Waals surface area contributed by atoms with Gasteiger partial charge in [0.25, 0.3) is 0 Å². The molecule has 0 heterocycles. The molecular weight excluding hydrogens is 1010 g/mol. The van der Waals surface area contributed by atoms with Crippen LogP contribution < -0.4 is 10.6 Å². The van der Waals surface area contributed by atoms with E-state index in [2.05, 4.69) is 23.2 Å². The van der Waals surface area contributed by atoms with Crippen LogP contribution in [0.2, 0.25) is 0 Å². The Morgan fingerprint density at radius 3 is 1.15 bits per heavy atom. The molecule has 72 heavy (non-hydrogen) atoms. The highest BCUT2D eigenvalue weighted by Crippen LogP contribution is 2.44. The van der Waals surface area contributed by atoms with Gasteiger partial charge in [0.2, 0.25) is 26.9 Å². The second kappa shape index (κ2) is 51.7. The molecule has 0 aliphatic carbocycles. The summed E-state index contributed by atoms with van der Waals surface area (Å²) in [6.45, 7) is 4.57. The Morgan fingerprint density at radius 1 is 0.444 bits per heavy atom. The quantitative estimate of drug-likeness (QED) is 0.0187. The average molecular weight is 1100 g/mol. The van der Waals surface area contributed by atoms with Crippen molar-refractivity contribution in [3.63, 3.8) is 0 Å². The van der Waals surface area contributed by atoms with Crippen LogP contribution in [0.3, 0.4) is 0 Å². The monoisotopic (exact) mass is 1090 g/mol. The minimum Gasteiger partial charge on any atom is -0.394 e. The Bertz CT molecular complexity index is 1300. The van der Waals surface area contributed by atoms with Gasteiger partial charge in [-0.05, 0) is 19.0 Å². The number of amides is 2. The smallest absolute Gasteiger partial charge is 0.248 e. The van der Waals surface area contributed by atoms with Gasteiger partial charge in [-0.2, -0.15) is 0 Å². The second-order valence-electron chi connectivity index (χ2n) is 14.9. The Balaban J connectivity index is 4.90. The molecule has 0 radical (unpaired) electrons. The maximum absolute atomic E-state index is 12.5. The van der Waals surface area contributed by atoms with E-state index < -0.39 is 46.1 Å². The van der Waals surface area contributed by atoms with Crippen molar-refractivity contribution in [3.8, 4) is 0 Å². The van der Waals surface area contributed by atoms with Crippen molar-refractivity contribution in [2.45, 2.75) is 44.5 Å². The summed E-state index contributed by atoms with van der Waals surface area (Å²) >= 11 is 0. The summed E-state index contributed by atoms with van der Waals surface area (Å²) in [6, 6.07) is 0. The highest BCUT2D eigenvalue weighted by atomic mass is 31.2. The fourth-order valence-electron chi connectivity index (χ4n) is 5.18. The van der Waals surface area contributed by atoms with E-state index in [1.54, 1.807) is 0 Å². The normalized spacial score (nSPS) is 14.3. The van der Waals surface area contributed by atoms with Crippen LogP contribution in [-0.2, 0) is 89.3 Å². The number of hydrogen-bond donors (Lipinski definition) is 8. The summed E-state index contributed by atoms with van der Waals surface area (Å²) in [5, 5.41) is 40.8. The molecular formula is C43H88N2O25P2.